The van der Waals surface area contributed by atoms with Crippen molar-refractivity contribution in [1.82, 2.24) is 10.3 Å². The van der Waals surface area contributed by atoms with Crippen LogP contribution < -0.4 is 5.32 Å². The normalized spacial score (nSPS) is 15.4. The largest absolute Gasteiger partial charge is 0.306 e. The molecular formula is C11H20N2S. The molecule has 1 heterocycles. The molecular weight excluding hydrogens is 192 g/mol. The molecule has 1 rings (SSSR count). The lowest BCUT2D eigenvalue weighted by Gasteiger charge is -2.17. The summed E-state index contributed by atoms with van der Waals surface area (Å²) in [4.78, 5) is 4.31. The number of aromatic nitrogens is 1. The fraction of sp³-hybridized carbons (Fsp3) is 0.727. The van der Waals surface area contributed by atoms with Crippen LogP contribution in [-0.2, 0) is 0 Å². The van der Waals surface area contributed by atoms with Crippen molar-refractivity contribution >= 4 is 11.3 Å². The van der Waals surface area contributed by atoms with Crippen LogP contribution >= 0.6 is 11.3 Å². The molecule has 0 aliphatic heterocycles. The number of nitrogens with one attached hydrogen (secondary N) is 1. The van der Waals surface area contributed by atoms with Crippen LogP contribution in [-0.4, -0.2) is 11.0 Å². The number of nitrogens with zero attached hydrogens (tertiary/aromatic N) is 1. The second kappa shape index (κ2) is 6.14. The van der Waals surface area contributed by atoms with Gasteiger partial charge in [-0.05, 0) is 20.3 Å². The Hall–Kier alpha value is -0.410. The maximum absolute atomic E-state index is 4.31. The van der Waals surface area contributed by atoms with Crippen LogP contribution in [0.2, 0.25) is 0 Å². The summed E-state index contributed by atoms with van der Waals surface area (Å²) in [5.74, 6) is 0. The Morgan fingerprint density at radius 2 is 2.29 bits per heavy atom. The Bertz CT molecular complexity index is 233. The zero-order valence-corrected chi connectivity index (χ0v) is 10.1. The molecule has 80 valence electrons. The maximum Gasteiger partial charge on any atom is 0.109 e. The van der Waals surface area contributed by atoms with Gasteiger partial charge in [-0.3, -0.25) is 0 Å². The number of hydrogen-bond donors (Lipinski definition) is 1. The first-order valence-corrected chi connectivity index (χ1v) is 6.27. The van der Waals surface area contributed by atoms with Crippen molar-refractivity contribution < 1.29 is 0 Å². The lowest BCUT2D eigenvalue weighted by Crippen LogP contribution is -2.28. The molecule has 0 bridgehead atoms. The van der Waals surface area contributed by atoms with Gasteiger partial charge < -0.3 is 5.32 Å². The van der Waals surface area contributed by atoms with Gasteiger partial charge in [0.25, 0.3) is 0 Å². The fourth-order valence-electron chi connectivity index (χ4n) is 1.54. The molecule has 0 spiro atoms. The Balaban J connectivity index is 2.29. The lowest BCUT2D eigenvalue weighted by molar-refractivity contribution is 0.443. The minimum Gasteiger partial charge on any atom is -0.306 e. The summed E-state index contributed by atoms with van der Waals surface area (Å²) in [6, 6.07) is 0.982. The topological polar surface area (TPSA) is 24.9 Å². The quantitative estimate of drug-likeness (QED) is 0.782. The molecule has 0 amide bonds. The lowest BCUT2D eigenvalue weighted by atomic mass is 10.1. The van der Waals surface area contributed by atoms with Gasteiger partial charge in [0.1, 0.15) is 5.01 Å². The zero-order valence-electron chi connectivity index (χ0n) is 9.29. The summed E-state index contributed by atoms with van der Waals surface area (Å²) in [6.07, 6.45) is 5.71. The number of thiazole rings is 1. The number of unbranched alkanes of at least 4 members (excludes halogenated alkanes) is 1. The van der Waals surface area contributed by atoms with Gasteiger partial charge in [-0.15, -0.1) is 11.3 Å². The first kappa shape index (κ1) is 11.7. The minimum atomic E-state index is 0.391. The van der Waals surface area contributed by atoms with Crippen LogP contribution in [0.1, 0.15) is 51.1 Å². The molecule has 2 nitrogen and oxygen atoms in total. The third-order valence-corrected chi connectivity index (χ3v) is 3.31. The van der Waals surface area contributed by atoms with Crippen LogP contribution in [0.4, 0.5) is 0 Å². The van der Waals surface area contributed by atoms with Crippen LogP contribution in [0.25, 0.3) is 0 Å². The first-order chi connectivity index (χ1) is 6.74. The van der Waals surface area contributed by atoms with Crippen molar-refractivity contribution in [3.8, 4) is 0 Å². The Labute approximate surface area is 90.8 Å². The van der Waals surface area contributed by atoms with Crippen LogP contribution in [0.3, 0.4) is 0 Å². The third-order valence-electron chi connectivity index (χ3n) is 2.35. The predicted octanol–water partition coefficient (Wildman–Crippen LogP) is 3.37. The average Bonchev–Trinajstić information content (AvgIpc) is 2.67. The van der Waals surface area contributed by atoms with Crippen molar-refractivity contribution in [2.24, 2.45) is 0 Å². The monoisotopic (exact) mass is 212 g/mol. The second-order valence-electron chi connectivity index (χ2n) is 3.80. The van der Waals surface area contributed by atoms with E-state index in [-0.39, 0.29) is 0 Å². The zero-order chi connectivity index (χ0) is 10.4. The van der Waals surface area contributed by atoms with Crippen molar-refractivity contribution in [1.29, 1.82) is 0 Å². The summed E-state index contributed by atoms with van der Waals surface area (Å²) in [7, 11) is 0. The van der Waals surface area contributed by atoms with Gasteiger partial charge in [-0.1, -0.05) is 19.8 Å². The molecule has 2 atom stereocenters. The van der Waals surface area contributed by atoms with Gasteiger partial charge >= 0.3 is 0 Å². The van der Waals surface area contributed by atoms with Gasteiger partial charge in [0.15, 0.2) is 0 Å². The van der Waals surface area contributed by atoms with Crippen molar-refractivity contribution in [2.45, 2.75) is 52.1 Å². The summed E-state index contributed by atoms with van der Waals surface area (Å²) in [5, 5.41) is 6.79. The average molecular weight is 212 g/mol. The fourth-order valence-corrected chi connectivity index (χ4v) is 2.20. The van der Waals surface area contributed by atoms with E-state index in [2.05, 4.69) is 31.1 Å². The highest BCUT2D eigenvalue weighted by Gasteiger charge is 2.10. The Kier molecular flexibility index (Phi) is 5.12. The van der Waals surface area contributed by atoms with E-state index in [1.807, 2.05) is 11.6 Å². The second-order valence-corrected chi connectivity index (χ2v) is 4.73. The standard InChI is InChI=1S/C11H20N2S/c1-4-5-6-9(2)13-10(3)11-12-7-8-14-11/h7-10,13H,4-6H2,1-3H3. The van der Waals surface area contributed by atoms with E-state index in [1.54, 1.807) is 11.3 Å². The summed E-state index contributed by atoms with van der Waals surface area (Å²) in [6.45, 7) is 6.66. The number of hydrogen-bond acceptors (Lipinski definition) is 3. The van der Waals surface area contributed by atoms with E-state index in [0.717, 1.165) is 0 Å². The van der Waals surface area contributed by atoms with Gasteiger partial charge in [0, 0.05) is 17.6 Å². The van der Waals surface area contributed by atoms with Gasteiger partial charge in [-0.2, -0.15) is 0 Å². The molecule has 0 saturated carbocycles. The van der Waals surface area contributed by atoms with Crippen molar-refractivity contribution in [2.75, 3.05) is 0 Å². The molecule has 0 saturated heterocycles. The molecule has 0 radical (unpaired) electrons. The highest BCUT2D eigenvalue weighted by molar-refractivity contribution is 7.09. The molecule has 3 heteroatoms. The first-order valence-electron chi connectivity index (χ1n) is 5.39. The van der Waals surface area contributed by atoms with E-state index in [4.69, 9.17) is 0 Å². The number of rotatable bonds is 6. The molecule has 0 aliphatic rings. The molecule has 1 N–H and O–H groups in total. The maximum atomic E-state index is 4.31. The molecule has 14 heavy (non-hydrogen) atoms. The molecule has 0 aromatic carbocycles. The van der Waals surface area contributed by atoms with Crippen molar-refractivity contribution in [3.05, 3.63) is 16.6 Å². The smallest absolute Gasteiger partial charge is 0.109 e. The van der Waals surface area contributed by atoms with Crippen LogP contribution in [0, 0.1) is 0 Å². The highest BCUT2D eigenvalue weighted by atomic mass is 32.1. The Morgan fingerprint density at radius 1 is 1.50 bits per heavy atom. The van der Waals surface area contributed by atoms with Crippen LogP contribution in [0.5, 0.6) is 0 Å². The molecule has 2 unspecified atom stereocenters. The third kappa shape index (κ3) is 3.76. The molecule has 0 aliphatic carbocycles. The Morgan fingerprint density at radius 3 is 2.86 bits per heavy atom. The van der Waals surface area contributed by atoms with Gasteiger partial charge in [0.2, 0.25) is 0 Å². The minimum absolute atomic E-state index is 0.391. The van der Waals surface area contributed by atoms with Crippen LogP contribution in [0.15, 0.2) is 11.6 Å². The van der Waals surface area contributed by atoms with E-state index < -0.39 is 0 Å². The van der Waals surface area contributed by atoms with E-state index in [9.17, 15) is 0 Å². The van der Waals surface area contributed by atoms with Gasteiger partial charge in [-0.25, -0.2) is 4.98 Å². The van der Waals surface area contributed by atoms with E-state index >= 15 is 0 Å². The van der Waals surface area contributed by atoms with Gasteiger partial charge in [0.05, 0.1) is 6.04 Å². The summed E-state index contributed by atoms with van der Waals surface area (Å²) in [5.41, 5.74) is 0. The van der Waals surface area contributed by atoms with E-state index in [0.29, 0.717) is 12.1 Å². The SMILES string of the molecule is CCCCC(C)NC(C)c1nccs1. The van der Waals surface area contributed by atoms with E-state index in [1.165, 1.54) is 24.3 Å². The molecule has 1 aromatic heterocycles. The molecule has 0 fully saturated rings. The predicted molar refractivity (Wildman–Crippen MR) is 62.7 cm³/mol. The summed E-state index contributed by atoms with van der Waals surface area (Å²) < 4.78 is 0. The highest BCUT2D eigenvalue weighted by Crippen LogP contribution is 2.16. The summed E-state index contributed by atoms with van der Waals surface area (Å²) >= 11 is 1.72. The van der Waals surface area contributed by atoms with Crippen molar-refractivity contribution in [3.63, 3.8) is 0 Å². The molecule has 1 aromatic rings.